The van der Waals surface area contributed by atoms with Crippen molar-refractivity contribution in [3.8, 4) is 0 Å². The first-order valence-corrected chi connectivity index (χ1v) is 22.2. The number of esters is 2. The molecule has 0 aromatic carbocycles. The maximum Gasteiger partial charge on any atom is 0.362 e. The molecule has 0 fully saturated rings. The molecule has 2 unspecified atom stereocenters. The van der Waals surface area contributed by atoms with E-state index in [-0.39, 0.29) is 36.2 Å². The molecule has 0 radical (unpaired) electrons. The van der Waals surface area contributed by atoms with Gasteiger partial charge in [-0.3, -0.25) is 9.59 Å². The lowest BCUT2D eigenvalue weighted by Crippen LogP contribution is -2.50. The summed E-state index contributed by atoms with van der Waals surface area (Å²) in [5.41, 5.74) is 0. The zero-order valence-electron chi connectivity index (χ0n) is 36.1. The highest BCUT2D eigenvalue weighted by molar-refractivity contribution is 5.72. The maximum atomic E-state index is 12.7. The molecule has 0 aliphatic carbocycles. The fourth-order valence-electron chi connectivity index (χ4n) is 6.32. The molecule has 0 bridgehead atoms. The first-order valence-electron chi connectivity index (χ1n) is 22.2. The Morgan fingerprint density at radius 3 is 1.55 bits per heavy atom. The van der Waals surface area contributed by atoms with Gasteiger partial charge in [0.05, 0.1) is 34.4 Å². The van der Waals surface area contributed by atoms with Crippen molar-refractivity contribution >= 4 is 17.9 Å². The summed E-state index contributed by atoms with van der Waals surface area (Å²) in [4.78, 5) is 37.0. The van der Waals surface area contributed by atoms with E-state index < -0.39 is 18.1 Å². The van der Waals surface area contributed by atoms with Crippen molar-refractivity contribution in [1.29, 1.82) is 0 Å². The molecular weight excluding hydrogens is 691 g/mol. The van der Waals surface area contributed by atoms with Gasteiger partial charge in [0.2, 0.25) is 0 Å². The molecule has 0 spiro atoms. The third-order valence-electron chi connectivity index (χ3n) is 9.77. The number of aliphatic carboxylic acids is 1. The summed E-state index contributed by atoms with van der Waals surface area (Å²) in [7, 11) is 5.52. The van der Waals surface area contributed by atoms with E-state index in [1.807, 2.05) is 21.1 Å². The molecule has 0 rings (SSSR count). The van der Waals surface area contributed by atoms with E-state index in [0.29, 0.717) is 19.3 Å². The van der Waals surface area contributed by atoms with Crippen LogP contribution < -0.4 is 0 Å². The van der Waals surface area contributed by atoms with Crippen LogP contribution in [-0.4, -0.2) is 80.6 Å². The molecule has 0 aromatic heterocycles. The summed E-state index contributed by atoms with van der Waals surface area (Å²) >= 11 is 0. The van der Waals surface area contributed by atoms with Gasteiger partial charge >= 0.3 is 17.9 Å². The van der Waals surface area contributed by atoms with Crippen molar-refractivity contribution in [3.05, 3.63) is 48.6 Å². The molecule has 0 amide bonds. The number of hydrogen-bond acceptors (Lipinski definition) is 6. The molecule has 55 heavy (non-hydrogen) atoms. The van der Waals surface area contributed by atoms with Crippen LogP contribution >= 0.6 is 0 Å². The minimum atomic E-state index is -0.879. The van der Waals surface area contributed by atoms with E-state index in [1.165, 1.54) is 83.5 Å². The Hall–Kier alpha value is -2.71. The molecule has 0 aliphatic rings. The van der Waals surface area contributed by atoms with Gasteiger partial charge in [-0.05, 0) is 57.8 Å². The van der Waals surface area contributed by atoms with Crippen LogP contribution in [0, 0.1) is 0 Å². The van der Waals surface area contributed by atoms with Gasteiger partial charge in [-0.25, -0.2) is 4.79 Å². The fraction of sp³-hybridized carbons (Fsp3) is 0.766. The number of rotatable bonds is 39. The van der Waals surface area contributed by atoms with Gasteiger partial charge in [-0.15, -0.1) is 0 Å². The predicted molar refractivity (Wildman–Crippen MR) is 229 cm³/mol. The maximum absolute atomic E-state index is 12.7. The smallest absolute Gasteiger partial charge is 0.362 e. The topological polar surface area (TPSA) is 99.1 Å². The van der Waals surface area contributed by atoms with Crippen LogP contribution in [0.1, 0.15) is 181 Å². The molecule has 2 atom stereocenters. The highest BCUT2D eigenvalue weighted by atomic mass is 16.6. The van der Waals surface area contributed by atoms with Crippen molar-refractivity contribution in [2.75, 3.05) is 41.0 Å². The van der Waals surface area contributed by atoms with E-state index in [0.717, 1.165) is 64.2 Å². The van der Waals surface area contributed by atoms with Gasteiger partial charge in [-0.2, -0.15) is 0 Å². The minimum absolute atomic E-state index is 0.0533. The standard InChI is InChI=1S/C47H83NO7/c1-6-8-10-12-14-16-18-20-22-24-26-28-30-32-34-36-38-46(50)55-43(41-53-40-39-44(47(51)52)48(3,4)5)42-54-45(49)37-35-33-31-29-27-25-23-21-19-17-15-13-11-9-7-2/h9,11,13,15,17,19,22,24,43-44H,6-8,10,12,14,16,18,20-21,23,25-42H2,1-5H3/p+1/b11-9+,15-13+,19-17+,24-22+. The average Bonchev–Trinajstić information content (AvgIpc) is 3.14. The molecule has 318 valence electrons. The fourth-order valence-corrected chi connectivity index (χ4v) is 6.32. The van der Waals surface area contributed by atoms with Crippen LogP contribution in [0.25, 0.3) is 0 Å². The molecular formula is C47H84NO7+. The summed E-state index contributed by atoms with van der Waals surface area (Å²) in [6, 6.07) is -0.618. The average molecular weight is 775 g/mol. The number of allylic oxidation sites excluding steroid dienone is 8. The van der Waals surface area contributed by atoms with Crippen LogP contribution in [0.3, 0.4) is 0 Å². The number of ether oxygens (including phenoxy) is 3. The van der Waals surface area contributed by atoms with Crippen molar-refractivity contribution in [2.45, 2.75) is 193 Å². The zero-order valence-corrected chi connectivity index (χ0v) is 36.1. The first kappa shape index (κ1) is 52.3. The Kier molecular flexibility index (Phi) is 36.3. The minimum Gasteiger partial charge on any atom is -0.477 e. The quantitative estimate of drug-likeness (QED) is 0.0218. The van der Waals surface area contributed by atoms with Gasteiger partial charge in [-0.1, -0.05) is 152 Å². The van der Waals surface area contributed by atoms with E-state index >= 15 is 0 Å². The van der Waals surface area contributed by atoms with Crippen LogP contribution in [0.2, 0.25) is 0 Å². The SMILES string of the molecule is CC/C=C/C=C/C=C/CCCCCCCCCC(=O)OCC(COCCC(C(=O)O)[N+](C)(C)C)OC(=O)CCCCCCC/C=C/CCCCCCCCC. The summed E-state index contributed by atoms with van der Waals surface area (Å²) in [6.07, 6.45) is 44.3. The normalized spacial score (nSPS) is 13.4. The van der Waals surface area contributed by atoms with E-state index in [1.54, 1.807) is 0 Å². The third-order valence-corrected chi connectivity index (χ3v) is 9.77. The number of carboxylic acids is 1. The predicted octanol–water partition coefficient (Wildman–Crippen LogP) is 12.0. The second-order valence-electron chi connectivity index (χ2n) is 16.0. The second kappa shape index (κ2) is 38.2. The number of carboxylic acid groups (broad SMARTS) is 1. The number of nitrogens with zero attached hydrogens (tertiary/aromatic N) is 1. The molecule has 0 saturated heterocycles. The number of carbonyl (C=O) groups excluding carboxylic acids is 2. The molecule has 0 aromatic rings. The van der Waals surface area contributed by atoms with Crippen molar-refractivity contribution in [3.63, 3.8) is 0 Å². The van der Waals surface area contributed by atoms with Gasteiger partial charge in [0, 0.05) is 19.3 Å². The Bertz CT molecular complexity index is 1040. The van der Waals surface area contributed by atoms with Crippen molar-refractivity contribution < 1.29 is 38.2 Å². The Morgan fingerprint density at radius 2 is 1.04 bits per heavy atom. The Balaban J connectivity index is 4.37. The van der Waals surface area contributed by atoms with Crippen LogP contribution in [0.15, 0.2) is 48.6 Å². The number of likely N-dealkylation sites (N-methyl/N-ethyl adjacent to an activating group) is 1. The summed E-state index contributed by atoms with van der Waals surface area (Å²) in [6.45, 7) is 4.58. The lowest BCUT2D eigenvalue weighted by Gasteiger charge is -2.31. The number of quaternary nitrogens is 1. The lowest BCUT2D eigenvalue weighted by molar-refractivity contribution is -0.887. The number of carbonyl (C=O) groups is 3. The molecule has 0 aliphatic heterocycles. The lowest BCUT2D eigenvalue weighted by atomic mass is 10.1. The molecule has 0 saturated carbocycles. The summed E-state index contributed by atoms with van der Waals surface area (Å²) in [5.74, 6) is -1.49. The highest BCUT2D eigenvalue weighted by Gasteiger charge is 2.31. The zero-order chi connectivity index (χ0) is 40.7. The summed E-state index contributed by atoms with van der Waals surface area (Å²) < 4.78 is 17.3. The third kappa shape index (κ3) is 36.7. The van der Waals surface area contributed by atoms with Crippen LogP contribution in [0.5, 0.6) is 0 Å². The van der Waals surface area contributed by atoms with Crippen LogP contribution in [0.4, 0.5) is 0 Å². The van der Waals surface area contributed by atoms with Gasteiger partial charge in [0.15, 0.2) is 12.1 Å². The summed E-state index contributed by atoms with van der Waals surface area (Å²) in [5, 5.41) is 9.62. The van der Waals surface area contributed by atoms with E-state index in [9.17, 15) is 19.5 Å². The van der Waals surface area contributed by atoms with Crippen molar-refractivity contribution in [2.24, 2.45) is 0 Å². The van der Waals surface area contributed by atoms with Gasteiger partial charge in [0.1, 0.15) is 6.61 Å². The monoisotopic (exact) mass is 775 g/mol. The van der Waals surface area contributed by atoms with Gasteiger partial charge < -0.3 is 23.8 Å². The van der Waals surface area contributed by atoms with Gasteiger partial charge in [0.25, 0.3) is 0 Å². The molecule has 0 heterocycles. The number of hydrogen-bond donors (Lipinski definition) is 1. The molecule has 1 N–H and O–H groups in total. The van der Waals surface area contributed by atoms with E-state index in [4.69, 9.17) is 14.2 Å². The molecule has 8 nitrogen and oxygen atoms in total. The number of unbranched alkanes of at least 4 members (excludes halogenated alkanes) is 19. The molecule has 8 heteroatoms. The van der Waals surface area contributed by atoms with Crippen LogP contribution in [-0.2, 0) is 28.6 Å². The Morgan fingerprint density at radius 1 is 0.564 bits per heavy atom. The first-order chi connectivity index (χ1) is 26.6. The second-order valence-corrected chi connectivity index (χ2v) is 16.0. The van der Waals surface area contributed by atoms with Crippen molar-refractivity contribution in [1.82, 2.24) is 0 Å². The van der Waals surface area contributed by atoms with E-state index in [2.05, 4.69) is 62.5 Å². The Labute approximate surface area is 337 Å². The highest BCUT2D eigenvalue weighted by Crippen LogP contribution is 2.14. The largest absolute Gasteiger partial charge is 0.477 e.